The Morgan fingerprint density at radius 3 is 3.00 bits per heavy atom. The van der Waals surface area contributed by atoms with Crippen molar-refractivity contribution in [3.05, 3.63) is 35.4 Å². The van der Waals surface area contributed by atoms with Gasteiger partial charge in [0.15, 0.2) is 0 Å². The van der Waals surface area contributed by atoms with Crippen molar-refractivity contribution >= 4 is 5.91 Å². The van der Waals surface area contributed by atoms with Gasteiger partial charge in [0, 0.05) is 13.1 Å². The maximum atomic E-state index is 12.9. The Bertz CT molecular complexity index is 503. The third-order valence-corrected chi connectivity index (χ3v) is 4.25. The first kappa shape index (κ1) is 13.6. The Morgan fingerprint density at radius 1 is 1.35 bits per heavy atom. The number of carbonyl (C=O) groups is 1. The predicted octanol–water partition coefficient (Wildman–Crippen LogP) is 1.51. The van der Waals surface area contributed by atoms with E-state index in [-0.39, 0.29) is 24.1 Å². The Labute approximate surface area is 120 Å². The van der Waals surface area contributed by atoms with E-state index in [0.717, 1.165) is 18.5 Å². The molecule has 1 aromatic rings. The molecule has 0 bridgehead atoms. The van der Waals surface area contributed by atoms with Gasteiger partial charge in [-0.05, 0) is 31.4 Å². The SMILES string of the molecule is CC1CN(C(=O)C2NCCc3ccccc32)C(C)CO1. The average Bonchev–Trinajstić information content (AvgIpc) is 2.48. The monoisotopic (exact) mass is 274 g/mol. The van der Waals surface area contributed by atoms with Crippen LogP contribution in [0.5, 0.6) is 0 Å². The molecule has 0 saturated carbocycles. The number of nitrogens with zero attached hydrogens (tertiary/aromatic N) is 1. The fraction of sp³-hybridized carbons (Fsp3) is 0.562. The molecule has 0 spiro atoms. The number of ether oxygens (including phenoxy) is 1. The lowest BCUT2D eigenvalue weighted by molar-refractivity contribution is -0.145. The molecule has 4 heteroatoms. The van der Waals surface area contributed by atoms with Gasteiger partial charge < -0.3 is 15.0 Å². The van der Waals surface area contributed by atoms with Crippen molar-refractivity contribution in [1.29, 1.82) is 0 Å². The van der Waals surface area contributed by atoms with Crippen molar-refractivity contribution in [2.75, 3.05) is 19.7 Å². The number of carbonyl (C=O) groups excluding carboxylic acids is 1. The summed E-state index contributed by atoms with van der Waals surface area (Å²) >= 11 is 0. The molecule has 1 amide bonds. The molecule has 2 aliphatic rings. The van der Waals surface area contributed by atoms with Gasteiger partial charge in [0.25, 0.3) is 0 Å². The van der Waals surface area contributed by atoms with Crippen LogP contribution in [0.25, 0.3) is 0 Å². The van der Waals surface area contributed by atoms with Crippen LogP contribution >= 0.6 is 0 Å². The highest BCUT2D eigenvalue weighted by atomic mass is 16.5. The number of amides is 1. The Kier molecular flexibility index (Phi) is 3.76. The van der Waals surface area contributed by atoms with E-state index in [4.69, 9.17) is 4.74 Å². The molecule has 2 heterocycles. The molecule has 3 atom stereocenters. The smallest absolute Gasteiger partial charge is 0.244 e. The standard InChI is InChI=1S/C16H22N2O2/c1-11-10-20-12(2)9-18(11)16(19)15-14-6-4-3-5-13(14)7-8-17-15/h3-6,11-12,15,17H,7-10H2,1-2H3. The second-order valence-electron chi connectivity index (χ2n) is 5.82. The van der Waals surface area contributed by atoms with Crippen LogP contribution in [-0.4, -0.2) is 42.6 Å². The lowest BCUT2D eigenvalue weighted by Crippen LogP contribution is -2.54. The van der Waals surface area contributed by atoms with Crippen LogP contribution in [0.1, 0.15) is 31.0 Å². The number of hydrogen-bond acceptors (Lipinski definition) is 3. The molecule has 1 N–H and O–H groups in total. The molecule has 0 aromatic heterocycles. The number of hydrogen-bond donors (Lipinski definition) is 1. The van der Waals surface area contributed by atoms with Crippen molar-refractivity contribution < 1.29 is 9.53 Å². The van der Waals surface area contributed by atoms with E-state index in [1.54, 1.807) is 0 Å². The zero-order valence-corrected chi connectivity index (χ0v) is 12.1. The molecule has 3 rings (SSSR count). The van der Waals surface area contributed by atoms with E-state index in [2.05, 4.69) is 24.4 Å². The summed E-state index contributed by atoms with van der Waals surface area (Å²) in [6.07, 6.45) is 1.11. The Morgan fingerprint density at radius 2 is 2.15 bits per heavy atom. The normalized spacial score (nSPS) is 29.9. The molecule has 1 fully saturated rings. The molecule has 20 heavy (non-hydrogen) atoms. The largest absolute Gasteiger partial charge is 0.375 e. The summed E-state index contributed by atoms with van der Waals surface area (Å²) in [5.74, 6) is 0.180. The molecule has 0 radical (unpaired) electrons. The summed E-state index contributed by atoms with van der Waals surface area (Å²) in [6, 6.07) is 8.20. The van der Waals surface area contributed by atoms with Gasteiger partial charge in [-0.15, -0.1) is 0 Å². The molecule has 0 aliphatic carbocycles. The van der Waals surface area contributed by atoms with Gasteiger partial charge in [0.1, 0.15) is 6.04 Å². The first-order valence-corrected chi connectivity index (χ1v) is 7.40. The van der Waals surface area contributed by atoms with E-state index in [1.165, 1.54) is 5.56 Å². The lowest BCUT2D eigenvalue weighted by atomic mass is 9.93. The molecular formula is C16H22N2O2. The van der Waals surface area contributed by atoms with Crippen LogP contribution in [0.3, 0.4) is 0 Å². The number of morpholine rings is 1. The Balaban J connectivity index is 1.84. The van der Waals surface area contributed by atoms with Crippen LogP contribution in [0, 0.1) is 0 Å². The number of benzene rings is 1. The van der Waals surface area contributed by atoms with Crippen LogP contribution < -0.4 is 5.32 Å². The maximum absolute atomic E-state index is 12.9. The van der Waals surface area contributed by atoms with Crippen molar-refractivity contribution in [2.45, 2.75) is 38.5 Å². The maximum Gasteiger partial charge on any atom is 0.244 e. The quantitative estimate of drug-likeness (QED) is 0.844. The second-order valence-corrected chi connectivity index (χ2v) is 5.82. The van der Waals surface area contributed by atoms with Crippen LogP contribution in [0.4, 0.5) is 0 Å². The van der Waals surface area contributed by atoms with Gasteiger partial charge >= 0.3 is 0 Å². The van der Waals surface area contributed by atoms with Gasteiger partial charge in [-0.2, -0.15) is 0 Å². The minimum absolute atomic E-state index is 0.119. The van der Waals surface area contributed by atoms with Crippen molar-refractivity contribution in [3.8, 4) is 0 Å². The molecule has 3 unspecified atom stereocenters. The fourth-order valence-corrected chi connectivity index (χ4v) is 3.10. The van der Waals surface area contributed by atoms with Crippen molar-refractivity contribution in [2.24, 2.45) is 0 Å². The zero-order valence-electron chi connectivity index (χ0n) is 12.1. The summed E-state index contributed by atoms with van der Waals surface area (Å²) < 4.78 is 5.61. The minimum atomic E-state index is -0.201. The van der Waals surface area contributed by atoms with Crippen LogP contribution in [-0.2, 0) is 16.0 Å². The average molecular weight is 274 g/mol. The molecule has 108 valence electrons. The third kappa shape index (κ3) is 2.45. The van der Waals surface area contributed by atoms with E-state index in [9.17, 15) is 4.79 Å². The number of fused-ring (bicyclic) bond motifs is 1. The van der Waals surface area contributed by atoms with Gasteiger partial charge in [0.05, 0.1) is 18.8 Å². The Hall–Kier alpha value is -1.39. The van der Waals surface area contributed by atoms with Gasteiger partial charge in [-0.3, -0.25) is 4.79 Å². The van der Waals surface area contributed by atoms with Gasteiger partial charge in [-0.1, -0.05) is 24.3 Å². The summed E-state index contributed by atoms with van der Waals surface area (Å²) in [4.78, 5) is 14.8. The van der Waals surface area contributed by atoms with Crippen LogP contribution in [0.2, 0.25) is 0 Å². The first-order chi connectivity index (χ1) is 9.66. The minimum Gasteiger partial charge on any atom is -0.375 e. The summed E-state index contributed by atoms with van der Waals surface area (Å²) in [5.41, 5.74) is 2.42. The molecule has 1 aromatic carbocycles. The molecule has 2 aliphatic heterocycles. The third-order valence-electron chi connectivity index (χ3n) is 4.25. The highest BCUT2D eigenvalue weighted by molar-refractivity contribution is 5.84. The van der Waals surface area contributed by atoms with Crippen molar-refractivity contribution in [3.63, 3.8) is 0 Å². The zero-order chi connectivity index (χ0) is 14.1. The summed E-state index contributed by atoms with van der Waals surface area (Å²) in [7, 11) is 0. The van der Waals surface area contributed by atoms with E-state index in [0.29, 0.717) is 13.2 Å². The molecule has 1 saturated heterocycles. The highest BCUT2D eigenvalue weighted by Gasteiger charge is 2.34. The first-order valence-electron chi connectivity index (χ1n) is 7.40. The van der Waals surface area contributed by atoms with E-state index >= 15 is 0 Å². The van der Waals surface area contributed by atoms with Crippen LogP contribution in [0.15, 0.2) is 24.3 Å². The molecule has 4 nitrogen and oxygen atoms in total. The van der Waals surface area contributed by atoms with Gasteiger partial charge in [0.2, 0.25) is 5.91 Å². The molecular weight excluding hydrogens is 252 g/mol. The summed E-state index contributed by atoms with van der Waals surface area (Å²) in [5, 5.41) is 3.38. The summed E-state index contributed by atoms with van der Waals surface area (Å²) in [6.45, 7) is 6.25. The van der Waals surface area contributed by atoms with Gasteiger partial charge in [-0.25, -0.2) is 0 Å². The van der Waals surface area contributed by atoms with E-state index in [1.807, 2.05) is 24.0 Å². The highest BCUT2D eigenvalue weighted by Crippen LogP contribution is 2.26. The lowest BCUT2D eigenvalue weighted by Gasteiger charge is -2.40. The van der Waals surface area contributed by atoms with E-state index < -0.39 is 0 Å². The number of rotatable bonds is 1. The fourth-order valence-electron chi connectivity index (χ4n) is 3.10. The predicted molar refractivity (Wildman–Crippen MR) is 77.5 cm³/mol. The topological polar surface area (TPSA) is 41.6 Å². The van der Waals surface area contributed by atoms with Crippen molar-refractivity contribution in [1.82, 2.24) is 10.2 Å². The number of nitrogens with one attached hydrogen (secondary N) is 1. The second kappa shape index (κ2) is 5.54.